The molecule has 1 heterocycles. The van der Waals surface area contributed by atoms with E-state index >= 15 is 0 Å². The molecule has 0 saturated heterocycles. The van der Waals surface area contributed by atoms with E-state index in [0.29, 0.717) is 5.56 Å². The molecule has 0 aliphatic carbocycles. The van der Waals surface area contributed by atoms with Crippen molar-refractivity contribution in [3.05, 3.63) is 53.9 Å². The van der Waals surface area contributed by atoms with Crippen LogP contribution in [0.3, 0.4) is 0 Å². The molecule has 1 aromatic heterocycles. The van der Waals surface area contributed by atoms with Crippen LogP contribution in [-0.4, -0.2) is 16.7 Å². The predicted octanol–water partition coefficient (Wildman–Crippen LogP) is 2.09. The summed E-state index contributed by atoms with van der Waals surface area (Å²) < 4.78 is 37.9. The van der Waals surface area contributed by atoms with Gasteiger partial charge < -0.3 is 9.90 Å². The SMILES string of the molecule is O=C([O-])CC(=O)c1cccc(-c2ccnc(C(F)(F)F)c2)c1. The minimum Gasteiger partial charge on any atom is -0.550 e. The summed E-state index contributed by atoms with van der Waals surface area (Å²) in [6.45, 7) is 0. The van der Waals surface area contributed by atoms with Gasteiger partial charge in [0.25, 0.3) is 0 Å². The first kappa shape index (κ1) is 15.7. The van der Waals surface area contributed by atoms with Gasteiger partial charge in [0.15, 0.2) is 5.78 Å². The van der Waals surface area contributed by atoms with Crippen molar-refractivity contribution in [2.24, 2.45) is 0 Å². The van der Waals surface area contributed by atoms with Crippen molar-refractivity contribution in [2.75, 3.05) is 0 Å². The van der Waals surface area contributed by atoms with Crippen LogP contribution in [0.5, 0.6) is 0 Å². The van der Waals surface area contributed by atoms with Gasteiger partial charge in [-0.1, -0.05) is 18.2 Å². The van der Waals surface area contributed by atoms with Crippen molar-refractivity contribution in [3.8, 4) is 11.1 Å². The molecule has 0 aliphatic rings. The number of aromatic nitrogens is 1. The Morgan fingerprint density at radius 1 is 1.09 bits per heavy atom. The maximum absolute atomic E-state index is 12.6. The van der Waals surface area contributed by atoms with Gasteiger partial charge in [-0.3, -0.25) is 9.78 Å². The van der Waals surface area contributed by atoms with Gasteiger partial charge in [-0.25, -0.2) is 0 Å². The number of carbonyl (C=O) groups is 2. The maximum atomic E-state index is 12.6. The van der Waals surface area contributed by atoms with Gasteiger partial charge in [0.1, 0.15) is 5.69 Å². The number of pyridine rings is 1. The summed E-state index contributed by atoms with van der Waals surface area (Å²) in [5.74, 6) is -2.19. The minimum atomic E-state index is -4.57. The van der Waals surface area contributed by atoms with Crippen molar-refractivity contribution in [1.29, 1.82) is 0 Å². The third kappa shape index (κ3) is 3.69. The first-order valence-corrected chi connectivity index (χ1v) is 6.14. The van der Waals surface area contributed by atoms with Crippen LogP contribution in [-0.2, 0) is 11.0 Å². The zero-order chi connectivity index (χ0) is 16.3. The third-order valence-corrected chi connectivity index (χ3v) is 2.87. The van der Waals surface area contributed by atoms with Crippen LogP contribution in [0, 0.1) is 0 Å². The topological polar surface area (TPSA) is 70.1 Å². The van der Waals surface area contributed by atoms with Crippen molar-refractivity contribution in [2.45, 2.75) is 12.6 Å². The van der Waals surface area contributed by atoms with Crippen molar-refractivity contribution < 1.29 is 27.9 Å². The first-order chi connectivity index (χ1) is 10.3. The van der Waals surface area contributed by atoms with Gasteiger partial charge in [0.2, 0.25) is 0 Å². The first-order valence-electron chi connectivity index (χ1n) is 6.14. The van der Waals surface area contributed by atoms with Gasteiger partial charge in [-0.05, 0) is 29.3 Å². The third-order valence-electron chi connectivity index (χ3n) is 2.87. The highest BCUT2D eigenvalue weighted by Gasteiger charge is 2.32. The average molecular weight is 308 g/mol. The Morgan fingerprint density at radius 3 is 2.41 bits per heavy atom. The molecule has 0 atom stereocenters. The molecule has 0 spiro atoms. The number of halogens is 3. The number of hydrogen-bond acceptors (Lipinski definition) is 4. The zero-order valence-corrected chi connectivity index (χ0v) is 11.1. The van der Waals surface area contributed by atoms with E-state index in [0.717, 1.165) is 12.3 Å². The van der Waals surface area contributed by atoms with E-state index in [1.807, 2.05) is 0 Å². The van der Waals surface area contributed by atoms with E-state index in [1.165, 1.54) is 30.3 Å². The lowest BCUT2D eigenvalue weighted by Gasteiger charge is -2.09. The van der Waals surface area contributed by atoms with Gasteiger partial charge in [0, 0.05) is 17.7 Å². The number of carbonyl (C=O) groups excluding carboxylic acids is 2. The largest absolute Gasteiger partial charge is 0.550 e. The average Bonchev–Trinajstić information content (AvgIpc) is 2.46. The van der Waals surface area contributed by atoms with Gasteiger partial charge >= 0.3 is 6.18 Å². The Kier molecular flexibility index (Phi) is 4.25. The summed E-state index contributed by atoms with van der Waals surface area (Å²) in [6.07, 6.45) is -4.33. The molecule has 0 aliphatic heterocycles. The summed E-state index contributed by atoms with van der Waals surface area (Å²) in [4.78, 5) is 25.3. The number of carboxylic acid groups (broad SMARTS) is 1. The number of rotatable bonds is 4. The molecule has 2 aromatic rings. The van der Waals surface area contributed by atoms with E-state index in [4.69, 9.17) is 0 Å². The molecule has 0 fully saturated rings. The molecule has 114 valence electrons. The van der Waals surface area contributed by atoms with Gasteiger partial charge in [-0.15, -0.1) is 0 Å². The summed E-state index contributed by atoms with van der Waals surface area (Å²) in [5.41, 5.74) is -0.369. The molecule has 4 nitrogen and oxygen atoms in total. The maximum Gasteiger partial charge on any atom is 0.433 e. The minimum absolute atomic E-state index is 0.0899. The van der Waals surface area contributed by atoms with Crippen molar-refractivity contribution >= 4 is 11.8 Å². The van der Waals surface area contributed by atoms with E-state index in [-0.39, 0.29) is 11.1 Å². The summed E-state index contributed by atoms with van der Waals surface area (Å²) in [5, 5.41) is 10.4. The molecule has 0 unspecified atom stereocenters. The highest BCUT2D eigenvalue weighted by Crippen LogP contribution is 2.30. The normalized spacial score (nSPS) is 11.2. The van der Waals surface area contributed by atoms with E-state index in [9.17, 15) is 27.9 Å². The highest BCUT2D eigenvalue weighted by molar-refractivity contribution is 6.05. The molecular weight excluding hydrogens is 299 g/mol. The smallest absolute Gasteiger partial charge is 0.433 e. The van der Waals surface area contributed by atoms with Crippen LogP contribution < -0.4 is 5.11 Å². The molecule has 0 N–H and O–H groups in total. The lowest BCUT2D eigenvalue weighted by molar-refractivity contribution is -0.304. The molecule has 0 amide bonds. The molecular formula is C15H9F3NO3-. The summed E-state index contributed by atoms with van der Waals surface area (Å²) in [6, 6.07) is 7.94. The molecule has 2 rings (SSSR count). The highest BCUT2D eigenvalue weighted by atomic mass is 19.4. The van der Waals surface area contributed by atoms with Crippen LogP contribution in [0.2, 0.25) is 0 Å². The number of aliphatic carboxylic acids is 1. The lowest BCUT2D eigenvalue weighted by Crippen LogP contribution is -2.25. The van der Waals surface area contributed by atoms with Crippen molar-refractivity contribution in [1.82, 2.24) is 4.98 Å². The molecule has 0 radical (unpaired) electrons. The second-order valence-corrected chi connectivity index (χ2v) is 4.48. The number of nitrogens with zero attached hydrogens (tertiary/aromatic N) is 1. The predicted molar refractivity (Wildman–Crippen MR) is 68.6 cm³/mol. The Balaban J connectivity index is 2.38. The zero-order valence-electron chi connectivity index (χ0n) is 11.1. The molecule has 1 aromatic carbocycles. The second kappa shape index (κ2) is 5.97. The van der Waals surface area contributed by atoms with Gasteiger partial charge in [0.05, 0.1) is 6.42 Å². The Morgan fingerprint density at radius 2 is 1.77 bits per heavy atom. The van der Waals surface area contributed by atoms with Crippen LogP contribution in [0.1, 0.15) is 22.5 Å². The standard InChI is InChI=1S/C15H10F3NO3/c16-15(17,18)13-7-10(4-5-19-13)9-2-1-3-11(6-9)12(20)8-14(21)22/h1-7H,8H2,(H,21,22)/p-1. The Labute approximate surface area is 123 Å². The monoisotopic (exact) mass is 308 g/mol. The lowest BCUT2D eigenvalue weighted by atomic mass is 10.0. The van der Waals surface area contributed by atoms with E-state index in [1.54, 1.807) is 0 Å². The number of hydrogen-bond donors (Lipinski definition) is 0. The van der Waals surface area contributed by atoms with Crippen molar-refractivity contribution in [3.63, 3.8) is 0 Å². The second-order valence-electron chi connectivity index (χ2n) is 4.48. The van der Waals surface area contributed by atoms with E-state index < -0.39 is 30.0 Å². The fraction of sp³-hybridized carbons (Fsp3) is 0.133. The van der Waals surface area contributed by atoms with Crippen LogP contribution >= 0.6 is 0 Å². The molecule has 7 heteroatoms. The summed E-state index contributed by atoms with van der Waals surface area (Å²) in [7, 11) is 0. The quantitative estimate of drug-likeness (QED) is 0.640. The summed E-state index contributed by atoms with van der Waals surface area (Å²) >= 11 is 0. The fourth-order valence-corrected chi connectivity index (χ4v) is 1.87. The number of alkyl halides is 3. The molecule has 0 bridgehead atoms. The number of carboxylic acids is 1. The van der Waals surface area contributed by atoms with Crippen LogP contribution in [0.4, 0.5) is 13.2 Å². The number of benzene rings is 1. The Hall–Kier alpha value is -2.70. The fourth-order valence-electron chi connectivity index (χ4n) is 1.87. The van der Waals surface area contributed by atoms with Crippen LogP contribution in [0.25, 0.3) is 11.1 Å². The molecule has 0 saturated carbocycles. The number of ketones is 1. The van der Waals surface area contributed by atoms with E-state index in [2.05, 4.69) is 4.98 Å². The van der Waals surface area contributed by atoms with Crippen LogP contribution in [0.15, 0.2) is 42.6 Å². The number of Topliss-reactive ketones (excluding diaryl/α,β-unsaturated/α-hetero) is 1. The molecule has 22 heavy (non-hydrogen) atoms. The Bertz CT molecular complexity index is 726. The van der Waals surface area contributed by atoms with Gasteiger partial charge in [-0.2, -0.15) is 13.2 Å².